The minimum Gasteiger partial charge on any atom is -0.474 e. The van der Waals surface area contributed by atoms with Crippen molar-refractivity contribution in [3.05, 3.63) is 23.9 Å². The van der Waals surface area contributed by atoms with Crippen LogP contribution in [0.5, 0.6) is 5.88 Å². The van der Waals surface area contributed by atoms with E-state index in [0.29, 0.717) is 31.6 Å². The molecule has 1 aromatic rings. The van der Waals surface area contributed by atoms with Gasteiger partial charge in [0.25, 0.3) is 11.8 Å². The average molecular weight is 429 g/mol. The molecular weight excluding hydrogens is 396 g/mol. The number of imide groups is 1. The number of carbonyl (C=O) groups excluding carboxylic acids is 3. The van der Waals surface area contributed by atoms with E-state index in [2.05, 4.69) is 10.3 Å². The third kappa shape index (κ3) is 4.99. The van der Waals surface area contributed by atoms with Crippen LogP contribution in [-0.2, 0) is 4.79 Å². The number of hydrogen-bond acceptors (Lipinski definition) is 5. The van der Waals surface area contributed by atoms with Gasteiger partial charge in [-0.3, -0.25) is 14.5 Å². The normalized spacial score (nSPS) is 27.2. The fourth-order valence-electron chi connectivity index (χ4n) is 5.22. The molecule has 4 rings (SSSR count). The summed E-state index contributed by atoms with van der Waals surface area (Å²) in [6, 6.07) is 2.49. The van der Waals surface area contributed by atoms with E-state index in [0.717, 1.165) is 12.8 Å². The van der Waals surface area contributed by atoms with E-state index >= 15 is 0 Å². The number of urea groups is 1. The van der Waals surface area contributed by atoms with E-state index in [4.69, 9.17) is 10.5 Å². The van der Waals surface area contributed by atoms with Gasteiger partial charge in [-0.15, -0.1) is 0 Å². The van der Waals surface area contributed by atoms with Gasteiger partial charge in [-0.2, -0.15) is 0 Å². The highest BCUT2D eigenvalue weighted by atomic mass is 16.5. The Labute approximate surface area is 182 Å². The fourth-order valence-corrected chi connectivity index (χ4v) is 5.22. The van der Waals surface area contributed by atoms with Gasteiger partial charge in [0.2, 0.25) is 5.88 Å². The Morgan fingerprint density at radius 3 is 2.55 bits per heavy atom. The molecule has 2 aliphatic carbocycles. The van der Waals surface area contributed by atoms with Crippen LogP contribution in [0.2, 0.25) is 0 Å². The molecule has 0 radical (unpaired) electrons. The number of hydrogen-bond donors (Lipinski definition) is 2. The summed E-state index contributed by atoms with van der Waals surface area (Å²) >= 11 is 0. The van der Waals surface area contributed by atoms with Crippen molar-refractivity contribution in [1.82, 2.24) is 15.2 Å². The van der Waals surface area contributed by atoms with Gasteiger partial charge in [0, 0.05) is 12.2 Å². The number of aromatic nitrogens is 1. The molecule has 1 aliphatic heterocycles. The monoisotopic (exact) mass is 428 g/mol. The van der Waals surface area contributed by atoms with Crippen molar-refractivity contribution in [1.29, 1.82) is 0 Å². The Morgan fingerprint density at radius 1 is 1.10 bits per heavy atom. The van der Waals surface area contributed by atoms with Gasteiger partial charge in [0.15, 0.2) is 0 Å². The lowest BCUT2D eigenvalue weighted by atomic mass is 9.85. The summed E-state index contributed by atoms with van der Waals surface area (Å²) < 4.78 is 5.92. The van der Waals surface area contributed by atoms with Crippen molar-refractivity contribution >= 4 is 17.8 Å². The Bertz CT molecular complexity index is 816. The Morgan fingerprint density at radius 2 is 1.84 bits per heavy atom. The summed E-state index contributed by atoms with van der Waals surface area (Å²) in [5.41, 5.74) is 5.66. The van der Waals surface area contributed by atoms with Gasteiger partial charge in [0.1, 0.15) is 17.7 Å². The minimum atomic E-state index is -0.574. The van der Waals surface area contributed by atoms with Gasteiger partial charge in [-0.1, -0.05) is 32.1 Å². The van der Waals surface area contributed by atoms with Crippen LogP contribution in [0.3, 0.4) is 0 Å². The molecule has 3 aliphatic rings. The maximum absolute atomic E-state index is 12.9. The maximum atomic E-state index is 12.9. The van der Waals surface area contributed by atoms with Crippen LogP contribution in [0.25, 0.3) is 0 Å². The standard InChI is InChI=1S/C23H32N4O4/c24-20(28)18-7-4-14-25-21(18)31-17-11-9-16(10-12-17)27-22(29)19(26-23(27)30)13-8-15-5-2-1-3-6-15/h4,7,14-17,19H,1-3,5-6,8-13H2,(H2,24,28)(H,26,30)/t16-,17-,19?. The molecule has 1 saturated heterocycles. The minimum absolute atomic E-state index is 0.0779. The molecule has 4 amide bonds. The molecule has 1 atom stereocenters. The SMILES string of the molecule is NC(=O)c1cccnc1O[C@H]1CC[C@H](N2C(=O)NC(CCC3CCCCC3)C2=O)CC1. The van der Waals surface area contributed by atoms with Crippen LogP contribution >= 0.6 is 0 Å². The zero-order chi connectivity index (χ0) is 21.8. The summed E-state index contributed by atoms with van der Waals surface area (Å²) in [5, 5.41) is 2.91. The predicted molar refractivity (Wildman–Crippen MR) is 114 cm³/mol. The first-order valence-corrected chi connectivity index (χ1v) is 11.6. The average Bonchev–Trinajstić information content (AvgIpc) is 3.07. The highest BCUT2D eigenvalue weighted by Crippen LogP contribution is 2.31. The molecule has 31 heavy (non-hydrogen) atoms. The van der Waals surface area contributed by atoms with Crippen molar-refractivity contribution < 1.29 is 19.1 Å². The van der Waals surface area contributed by atoms with Crippen molar-refractivity contribution in [2.75, 3.05) is 0 Å². The van der Waals surface area contributed by atoms with Crippen molar-refractivity contribution in [2.45, 2.75) is 88.8 Å². The van der Waals surface area contributed by atoms with E-state index < -0.39 is 5.91 Å². The zero-order valence-corrected chi connectivity index (χ0v) is 17.9. The number of nitrogens with one attached hydrogen (secondary N) is 1. The molecule has 1 unspecified atom stereocenters. The molecule has 0 aromatic carbocycles. The van der Waals surface area contributed by atoms with Crippen LogP contribution < -0.4 is 15.8 Å². The van der Waals surface area contributed by atoms with Crippen LogP contribution in [0, 0.1) is 5.92 Å². The van der Waals surface area contributed by atoms with Crippen molar-refractivity contribution in [2.24, 2.45) is 11.7 Å². The van der Waals surface area contributed by atoms with Crippen LogP contribution in [0.15, 0.2) is 18.3 Å². The summed E-state index contributed by atoms with van der Waals surface area (Å²) in [7, 11) is 0. The van der Waals surface area contributed by atoms with Gasteiger partial charge in [-0.25, -0.2) is 9.78 Å². The molecule has 2 saturated carbocycles. The van der Waals surface area contributed by atoms with E-state index in [-0.39, 0.29) is 41.6 Å². The van der Waals surface area contributed by atoms with Crippen LogP contribution in [0.4, 0.5) is 4.79 Å². The Balaban J connectivity index is 1.29. The fraction of sp³-hybridized carbons (Fsp3) is 0.652. The number of pyridine rings is 1. The van der Waals surface area contributed by atoms with Crippen LogP contribution in [-0.4, -0.2) is 45.9 Å². The van der Waals surface area contributed by atoms with Gasteiger partial charge >= 0.3 is 6.03 Å². The molecule has 3 fully saturated rings. The van der Waals surface area contributed by atoms with Gasteiger partial charge in [-0.05, 0) is 56.6 Å². The van der Waals surface area contributed by atoms with E-state index in [9.17, 15) is 14.4 Å². The van der Waals surface area contributed by atoms with Gasteiger partial charge in [0.05, 0.1) is 0 Å². The van der Waals surface area contributed by atoms with E-state index in [1.54, 1.807) is 18.3 Å². The molecule has 8 nitrogen and oxygen atoms in total. The quantitative estimate of drug-likeness (QED) is 0.648. The van der Waals surface area contributed by atoms with Gasteiger partial charge < -0.3 is 15.8 Å². The highest BCUT2D eigenvalue weighted by molar-refractivity contribution is 6.04. The lowest BCUT2D eigenvalue weighted by Crippen LogP contribution is -2.44. The highest BCUT2D eigenvalue weighted by Gasteiger charge is 2.43. The lowest BCUT2D eigenvalue weighted by molar-refractivity contribution is -0.130. The lowest BCUT2D eigenvalue weighted by Gasteiger charge is -2.33. The third-order valence-electron chi connectivity index (χ3n) is 6.96. The number of nitrogens with zero attached hydrogens (tertiary/aromatic N) is 2. The third-order valence-corrected chi connectivity index (χ3v) is 6.96. The zero-order valence-electron chi connectivity index (χ0n) is 17.9. The Kier molecular flexibility index (Phi) is 6.73. The largest absolute Gasteiger partial charge is 0.474 e. The molecule has 0 bridgehead atoms. The predicted octanol–water partition coefficient (Wildman–Crippen LogP) is 3.15. The van der Waals surface area contributed by atoms with Crippen molar-refractivity contribution in [3.63, 3.8) is 0 Å². The Hall–Kier alpha value is -2.64. The molecule has 0 spiro atoms. The number of rotatable bonds is 7. The topological polar surface area (TPSA) is 115 Å². The van der Waals surface area contributed by atoms with E-state index in [1.165, 1.54) is 37.0 Å². The smallest absolute Gasteiger partial charge is 0.325 e. The first-order valence-electron chi connectivity index (χ1n) is 11.6. The summed E-state index contributed by atoms with van der Waals surface area (Å²) in [6.07, 6.45) is 12.3. The second-order valence-corrected chi connectivity index (χ2v) is 9.06. The number of carbonyl (C=O) groups is 3. The first kappa shape index (κ1) is 21.6. The number of amides is 4. The molecule has 168 valence electrons. The first-order chi connectivity index (χ1) is 15.0. The summed E-state index contributed by atoms with van der Waals surface area (Å²) in [5.74, 6) is 0.287. The molecule has 2 heterocycles. The second kappa shape index (κ2) is 9.66. The summed E-state index contributed by atoms with van der Waals surface area (Å²) in [6.45, 7) is 0. The maximum Gasteiger partial charge on any atom is 0.325 e. The molecule has 3 N–H and O–H groups in total. The molecule has 1 aromatic heterocycles. The second-order valence-electron chi connectivity index (χ2n) is 9.06. The van der Waals surface area contributed by atoms with Crippen LogP contribution in [0.1, 0.15) is 81.0 Å². The molecular formula is C23H32N4O4. The number of primary amides is 1. The molecule has 8 heteroatoms. The van der Waals surface area contributed by atoms with E-state index in [1.807, 2.05) is 0 Å². The summed E-state index contributed by atoms with van der Waals surface area (Å²) in [4.78, 5) is 42.6. The number of nitrogens with two attached hydrogens (primary N) is 1. The number of ether oxygens (including phenoxy) is 1. The van der Waals surface area contributed by atoms with Crippen molar-refractivity contribution in [3.8, 4) is 5.88 Å².